The number of amides is 3. The molecule has 256 valence electrons. The van der Waals surface area contributed by atoms with Gasteiger partial charge >= 0.3 is 18.0 Å². The van der Waals surface area contributed by atoms with Crippen LogP contribution in [0.15, 0.2) is 78.9 Å². The molecule has 0 aliphatic heterocycles. The molecule has 3 aromatic carbocycles. The zero-order chi connectivity index (χ0) is 35.3. The minimum Gasteiger partial charge on any atom is -0.481 e. The lowest BCUT2D eigenvalue weighted by Gasteiger charge is -2.26. The number of hydrogen-bond acceptors (Lipinski definition) is 7. The molecule has 3 amide bonds. The Morgan fingerprint density at radius 1 is 0.771 bits per heavy atom. The normalized spacial score (nSPS) is 12.9. The van der Waals surface area contributed by atoms with Gasteiger partial charge in [-0.15, -0.1) is 0 Å². The summed E-state index contributed by atoms with van der Waals surface area (Å²) >= 11 is 0. The number of carbonyl (C=O) groups excluding carboxylic acids is 3. The molecule has 0 spiro atoms. The summed E-state index contributed by atoms with van der Waals surface area (Å²) in [5, 5.41) is 26.9. The number of carboxylic acid groups (broad SMARTS) is 2. The van der Waals surface area contributed by atoms with Crippen molar-refractivity contribution in [3.05, 3.63) is 101 Å². The Bertz CT molecular complexity index is 1560. The SMILES string of the molecule is CC(CCNC(=O)[C@H](Cc1ccc(OCC(=O)O)c(C(=O)O)c1)NC(=O)[C@H](Cc1ccccc1)NC(=O)OC(C)(C)C)c1ccccc1. The lowest BCUT2D eigenvalue weighted by atomic mass is 9.97. The summed E-state index contributed by atoms with van der Waals surface area (Å²) in [5.41, 5.74) is 1.12. The molecule has 48 heavy (non-hydrogen) atoms. The number of rotatable bonds is 16. The highest BCUT2D eigenvalue weighted by molar-refractivity contribution is 5.93. The Morgan fingerprint density at radius 2 is 1.38 bits per heavy atom. The van der Waals surface area contributed by atoms with Gasteiger partial charge in [-0.25, -0.2) is 14.4 Å². The maximum Gasteiger partial charge on any atom is 0.408 e. The summed E-state index contributed by atoms with van der Waals surface area (Å²) < 4.78 is 10.5. The molecule has 0 saturated heterocycles. The number of hydrogen-bond donors (Lipinski definition) is 5. The van der Waals surface area contributed by atoms with Gasteiger partial charge in [-0.2, -0.15) is 0 Å². The highest BCUT2D eigenvalue weighted by Gasteiger charge is 2.29. The van der Waals surface area contributed by atoms with Crippen LogP contribution in [-0.2, 0) is 32.0 Å². The van der Waals surface area contributed by atoms with E-state index in [0.29, 0.717) is 18.5 Å². The lowest BCUT2D eigenvalue weighted by Crippen LogP contribution is -2.55. The predicted molar refractivity (Wildman–Crippen MR) is 178 cm³/mol. The van der Waals surface area contributed by atoms with E-state index in [4.69, 9.17) is 14.6 Å². The van der Waals surface area contributed by atoms with Gasteiger partial charge in [0.1, 0.15) is 29.0 Å². The molecule has 0 aliphatic carbocycles. The van der Waals surface area contributed by atoms with E-state index in [1.807, 2.05) is 43.3 Å². The molecule has 3 aromatic rings. The number of carbonyl (C=O) groups is 5. The number of alkyl carbamates (subject to hydrolysis) is 1. The second-order valence-corrected chi connectivity index (χ2v) is 12.4. The fraction of sp³-hybridized carbons (Fsp3) is 0.361. The van der Waals surface area contributed by atoms with Gasteiger partial charge in [0.05, 0.1) is 0 Å². The number of nitrogens with one attached hydrogen (secondary N) is 3. The van der Waals surface area contributed by atoms with Crippen LogP contribution < -0.4 is 20.7 Å². The van der Waals surface area contributed by atoms with Crippen LogP contribution >= 0.6 is 0 Å². The molecular formula is C36H43N3O9. The summed E-state index contributed by atoms with van der Waals surface area (Å²) in [6.45, 7) is 6.69. The summed E-state index contributed by atoms with van der Waals surface area (Å²) in [6.07, 6.45) is -0.201. The first kappa shape index (κ1) is 37.1. The average molecular weight is 662 g/mol. The van der Waals surface area contributed by atoms with Gasteiger partial charge in [0, 0.05) is 19.4 Å². The zero-order valence-electron chi connectivity index (χ0n) is 27.5. The third kappa shape index (κ3) is 12.4. The molecule has 0 fully saturated rings. The van der Waals surface area contributed by atoms with Crippen molar-refractivity contribution in [1.29, 1.82) is 0 Å². The number of carboxylic acids is 2. The molecule has 12 nitrogen and oxygen atoms in total. The first-order valence-electron chi connectivity index (χ1n) is 15.6. The van der Waals surface area contributed by atoms with Crippen molar-refractivity contribution in [2.24, 2.45) is 0 Å². The Kier molecular flexibility index (Phi) is 13.5. The van der Waals surface area contributed by atoms with E-state index >= 15 is 0 Å². The fourth-order valence-corrected chi connectivity index (χ4v) is 4.85. The van der Waals surface area contributed by atoms with Crippen molar-refractivity contribution in [1.82, 2.24) is 16.0 Å². The van der Waals surface area contributed by atoms with Crippen LogP contribution in [0.4, 0.5) is 4.79 Å². The van der Waals surface area contributed by atoms with Gasteiger partial charge in [-0.1, -0.05) is 73.7 Å². The van der Waals surface area contributed by atoms with Gasteiger partial charge in [-0.05, 0) is 61.9 Å². The topological polar surface area (TPSA) is 180 Å². The molecule has 5 N–H and O–H groups in total. The highest BCUT2D eigenvalue weighted by Crippen LogP contribution is 2.22. The number of aliphatic carboxylic acids is 1. The van der Waals surface area contributed by atoms with Crippen LogP contribution in [0.25, 0.3) is 0 Å². The Morgan fingerprint density at radius 3 is 1.98 bits per heavy atom. The zero-order valence-corrected chi connectivity index (χ0v) is 27.5. The van der Waals surface area contributed by atoms with Gasteiger partial charge in [0.25, 0.3) is 0 Å². The first-order chi connectivity index (χ1) is 22.7. The van der Waals surface area contributed by atoms with E-state index in [1.54, 1.807) is 45.0 Å². The Labute approximate surface area is 279 Å². The third-order valence-corrected chi connectivity index (χ3v) is 7.23. The number of ether oxygens (including phenoxy) is 2. The van der Waals surface area contributed by atoms with E-state index < -0.39 is 54.1 Å². The van der Waals surface area contributed by atoms with Gasteiger partial charge in [0.15, 0.2) is 6.61 Å². The number of aromatic carboxylic acids is 1. The third-order valence-electron chi connectivity index (χ3n) is 7.23. The molecule has 0 aliphatic rings. The predicted octanol–water partition coefficient (Wildman–Crippen LogP) is 4.32. The molecule has 1 unspecified atom stereocenters. The fourth-order valence-electron chi connectivity index (χ4n) is 4.85. The van der Waals surface area contributed by atoms with Gasteiger partial charge in [0.2, 0.25) is 11.8 Å². The van der Waals surface area contributed by atoms with E-state index in [2.05, 4.69) is 16.0 Å². The van der Waals surface area contributed by atoms with Crippen LogP contribution in [0, 0.1) is 0 Å². The smallest absolute Gasteiger partial charge is 0.408 e. The minimum absolute atomic E-state index is 0.105. The van der Waals surface area contributed by atoms with Crippen LogP contribution in [0.1, 0.15) is 67.1 Å². The Balaban J connectivity index is 1.86. The Hall–Kier alpha value is -5.39. The quantitative estimate of drug-likeness (QED) is 0.149. The van der Waals surface area contributed by atoms with Crippen LogP contribution in [0.5, 0.6) is 5.75 Å². The largest absolute Gasteiger partial charge is 0.481 e. The summed E-state index contributed by atoms with van der Waals surface area (Å²) in [7, 11) is 0. The highest BCUT2D eigenvalue weighted by atomic mass is 16.6. The average Bonchev–Trinajstić information content (AvgIpc) is 3.03. The van der Waals surface area contributed by atoms with E-state index in [1.165, 1.54) is 18.2 Å². The van der Waals surface area contributed by atoms with Crippen molar-refractivity contribution in [3.63, 3.8) is 0 Å². The standard InChI is InChI=1S/C36H43N3O9/c1-23(26-13-9-6-10-14-26)17-18-37-32(42)28(21-25-15-16-30(47-22-31(40)41)27(19-25)34(44)45)38-33(43)29(20-24-11-7-5-8-12-24)39-35(46)48-36(2,3)4/h5-16,19,23,28-29H,17-18,20-22H2,1-4H3,(H,37,42)(H,38,43)(H,39,46)(H,40,41)(H,44,45)/t23?,28-,29-/m0/s1. The lowest BCUT2D eigenvalue weighted by molar-refractivity contribution is -0.139. The van der Waals surface area contributed by atoms with Crippen LogP contribution in [0.3, 0.4) is 0 Å². The van der Waals surface area contributed by atoms with Crippen molar-refractivity contribution < 1.29 is 43.7 Å². The molecule has 0 heterocycles. The van der Waals surface area contributed by atoms with Crippen LogP contribution in [0.2, 0.25) is 0 Å². The number of benzene rings is 3. The van der Waals surface area contributed by atoms with Gasteiger partial charge < -0.3 is 35.6 Å². The van der Waals surface area contributed by atoms with Crippen molar-refractivity contribution in [2.45, 2.75) is 70.6 Å². The molecule has 0 bridgehead atoms. The van der Waals surface area contributed by atoms with Crippen molar-refractivity contribution in [3.8, 4) is 5.75 Å². The van der Waals surface area contributed by atoms with E-state index in [0.717, 1.165) is 11.1 Å². The molecule has 0 aromatic heterocycles. The van der Waals surface area contributed by atoms with E-state index in [-0.39, 0.29) is 30.1 Å². The summed E-state index contributed by atoms with van der Waals surface area (Å²) in [6, 6.07) is 20.6. The molecule has 12 heteroatoms. The van der Waals surface area contributed by atoms with E-state index in [9.17, 15) is 29.1 Å². The molecule has 0 radical (unpaired) electrons. The molecule has 3 rings (SSSR count). The molecular weight excluding hydrogens is 618 g/mol. The molecule has 0 saturated carbocycles. The van der Waals surface area contributed by atoms with Crippen molar-refractivity contribution in [2.75, 3.05) is 13.2 Å². The summed E-state index contributed by atoms with van der Waals surface area (Å²) in [4.78, 5) is 63.0. The summed E-state index contributed by atoms with van der Waals surface area (Å²) in [5.74, 6) is -3.81. The van der Waals surface area contributed by atoms with Crippen LogP contribution in [-0.4, -0.2) is 70.9 Å². The second kappa shape index (κ2) is 17.5. The van der Waals surface area contributed by atoms with Gasteiger partial charge in [-0.3, -0.25) is 9.59 Å². The van der Waals surface area contributed by atoms with Crippen molar-refractivity contribution >= 4 is 29.8 Å². The monoisotopic (exact) mass is 661 g/mol. The second-order valence-electron chi connectivity index (χ2n) is 12.4. The maximum atomic E-state index is 13.8. The first-order valence-corrected chi connectivity index (χ1v) is 15.6. The molecule has 3 atom stereocenters. The minimum atomic E-state index is -1.36. The maximum absolute atomic E-state index is 13.8.